The van der Waals surface area contributed by atoms with Gasteiger partial charge in [-0.25, -0.2) is 17.9 Å². The highest BCUT2D eigenvalue weighted by atomic mass is 79.9. The summed E-state index contributed by atoms with van der Waals surface area (Å²) < 4.78 is 70.2. The molecule has 158 valence electrons. The third kappa shape index (κ3) is 6.70. The predicted octanol–water partition coefficient (Wildman–Crippen LogP) is 4.67. The highest BCUT2D eigenvalue weighted by Gasteiger charge is 2.30. The Hall–Kier alpha value is -2.14. The number of pyridine rings is 1. The predicted molar refractivity (Wildman–Crippen MR) is 103 cm³/mol. The summed E-state index contributed by atoms with van der Waals surface area (Å²) in [6.45, 7) is 4.77. The number of benzene rings is 1. The van der Waals surface area contributed by atoms with Crippen LogP contribution in [0.15, 0.2) is 45.9 Å². The van der Waals surface area contributed by atoms with Crippen LogP contribution in [-0.2, 0) is 27.4 Å². The van der Waals surface area contributed by atoms with Crippen molar-refractivity contribution in [3.05, 3.63) is 57.8 Å². The molecule has 0 saturated heterocycles. The van der Waals surface area contributed by atoms with Crippen LogP contribution in [0.25, 0.3) is 0 Å². The molecule has 1 N–H and O–H groups in total. The highest BCUT2D eigenvalue weighted by molar-refractivity contribution is 9.10. The minimum absolute atomic E-state index is 0.0460. The number of nitrogens with one attached hydrogen (secondary N) is 1. The van der Waals surface area contributed by atoms with Crippen LogP contribution < -0.4 is 4.72 Å². The fourth-order valence-corrected chi connectivity index (χ4v) is 3.82. The normalized spacial score (nSPS) is 12.5. The van der Waals surface area contributed by atoms with Crippen molar-refractivity contribution in [2.24, 2.45) is 0 Å². The van der Waals surface area contributed by atoms with E-state index in [1.165, 1.54) is 18.2 Å². The van der Waals surface area contributed by atoms with Gasteiger partial charge in [0.15, 0.2) is 0 Å². The third-order valence-electron chi connectivity index (χ3n) is 3.47. The maximum absolute atomic E-state index is 12.8. The van der Waals surface area contributed by atoms with Gasteiger partial charge in [0, 0.05) is 22.8 Å². The molecular formula is C18H18BrF3N2O4S. The molecule has 0 fully saturated rings. The van der Waals surface area contributed by atoms with Gasteiger partial charge in [-0.2, -0.15) is 13.2 Å². The zero-order chi connectivity index (χ0) is 22.0. The Balaban J connectivity index is 2.21. The summed E-state index contributed by atoms with van der Waals surface area (Å²) >= 11 is 3.21. The second kappa shape index (κ2) is 8.31. The fraction of sp³-hybridized carbons (Fsp3) is 0.333. The average molecular weight is 495 g/mol. The third-order valence-corrected chi connectivity index (χ3v) is 5.52. The fourth-order valence-electron chi connectivity index (χ4n) is 2.25. The SMILES string of the molecule is CC(C)(C)OC(=O)NS(=O)(=O)c1ccc(Cc2cc(C(F)(F)F)ccn2)c(Br)c1. The molecule has 6 nitrogen and oxygen atoms in total. The first-order valence-corrected chi connectivity index (χ1v) is 10.5. The van der Waals surface area contributed by atoms with Crippen molar-refractivity contribution in [1.29, 1.82) is 0 Å². The molecular weight excluding hydrogens is 477 g/mol. The summed E-state index contributed by atoms with van der Waals surface area (Å²) in [6.07, 6.45) is -4.49. The maximum Gasteiger partial charge on any atom is 0.421 e. The molecule has 1 aromatic carbocycles. The van der Waals surface area contributed by atoms with Gasteiger partial charge in [0.1, 0.15) is 5.60 Å². The lowest BCUT2D eigenvalue weighted by Crippen LogP contribution is -2.36. The van der Waals surface area contributed by atoms with E-state index in [0.29, 0.717) is 10.0 Å². The number of rotatable bonds is 4. The van der Waals surface area contributed by atoms with Gasteiger partial charge in [-0.15, -0.1) is 0 Å². The smallest absolute Gasteiger partial charge is 0.421 e. The summed E-state index contributed by atoms with van der Waals surface area (Å²) in [5.41, 5.74) is -1.00. The van der Waals surface area contributed by atoms with Crippen molar-refractivity contribution < 1.29 is 31.1 Å². The molecule has 0 saturated carbocycles. The zero-order valence-electron chi connectivity index (χ0n) is 15.7. The number of halogens is 4. The topological polar surface area (TPSA) is 85.4 Å². The summed E-state index contributed by atoms with van der Waals surface area (Å²) in [5.74, 6) is 0. The monoisotopic (exact) mass is 494 g/mol. The van der Waals surface area contributed by atoms with Crippen molar-refractivity contribution in [1.82, 2.24) is 9.71 Å². The van der Waals surface area contributed by atoms with Gasteiger partial charge >= 0.3 is 12.3 Å². The van der Waals surface area contributed by atoms with Crippen LogP contribution in [0.1, 0.15) is 37.6 Å². The van der Waals surface area contributed by atoms with Crippen LogP contribution in [0, 0.1) is 0 Å². The zero-order valence-corrected chi connectivity index (χ0v) is 18.1. The summed E-state index contributed by atoms with van der Waals surface area (Å²) in [6, 6.07) is 5.71. The van der Waals surface area contributed by atoms with Crippen LogP contribution in [0.5, 0.6) is 0 Å². The van der Waals surface area contributed by atoms with Gasteiger partial charge in [0.2, 0.25) is 0 Å². The number of aromatic nitrogens is 1. The van der Waals surface area contributed by atoms with Gasteiger partial charge in [-0.05, 0) is 50.6 Å². The number of alkyl halides is 3. The van der Waals surface area contributed by atoms with Crippen molar-refractivity contribution >= 4 is 32.0 Å². The largest absolute Gasteiger partial charge is 0.443 e. The minimum Gasteiger partial charge on any atom is -0.443 e. The number of ether oxygens (including phenoxy) is 1. The number of sulfonamides is 1. The van der Waals surface area contributed by atoms with E-state index < -0.39 is 33.5 Å². The molecule has 2 aromatic rings. The van der Waals surface area contributed by atoms with E-state index in [1.807, 2.05) is 0 Å². The number of carbonyl (C=O) groups excluding carboxylic acids is 1. The standard InChI is InChI=1S/C18H18BrF3N2O4S/c1-17(2,3)28-16(25)24-29(26,27)14-5-4-11(15(19)10-14)8-13-9-12(6-7-23-13)18(20,21)22/h4-7,9-10H,8H2,1-3H3,(H,24,25). The molecule has 0 aliphatic carbocycles. The molecule has 0 bridgehead atoms. The Morgan fingerprint density at radius 1 is 1.17 bits per heavy atom. The van der Waals surface area contributed by atoms with Crippen LogP contribution >= 0.6 is 15.9 Å². The average Bonchev–Trinajstić information content (AvgIpc) is 2.53. The van der Waals surface area contributed by atoms with Crippen molar-refractivity contribution in [3.8, 4) is 0 Å². The van der Waals surface area contributed by atoms with E-state index in [-0.39, 0.29) is 17.0 Å². The Morgan fingerprint density at radius 3 is 2.38 bits per heavy atom. The number of nitrogens with zero attached hydrogens (tertiary/aromatic N) is 1. The first-order valence-electron chi connectivity index (χ1n) is 8.24. The number of amides is 1. The molecule has 11 heteroatoms. The van der Waals surface area contributed by atoms with Gasteiger partial charge in [-0.1, -0.05) is 22.0 Å². The minimum atomic E-state index is -4.49. The van der Waals surface area contributed by atoms with Crippen molar-refractivity contribution in [2.45, 2.75) is 43.9 Å². The molecule has 0 aliphatic heterocycles. The van der Waals surface area contributed by atoms with E-state index in [9.17, 15) is 26.4 Å². The van der Waals surface area contributed by atoms with E-state index in [1.54, 1.807) is 25.5 Å². The molecule has 0 unspecified atom stereocenters. The molecule has 1 aromatic heterocycles. The van der Waals surface area contributed by atoms with Gasteiger partial charge in [0.25, 0.3) is 10.0 Å². The van der Waals surface area contributed by atoms with E-state index in [4.69, 9.17) is 4.74 Å². The second-order valence-electron chi connectivity index (χ2n) is 7.07. The maximum atomic E-state index is 12.8. The Morgan fingerprint density at radius 2 is 1.83 bits per heavy atom. The van der Waals surface area contributed by atoms with Crippen LogP contribution in [0.2, 0.25) is 0 Å². The molecule has 1 amide bonds. The molecule has 1 heterocycles. The van der Waals surface area contributed by atoms with Crippen LogP contribution in [-0.4, -0.2) is 25.1 Å². The Kier molecular flexibility index (Phi) is 6.63. The lowest BCUT2D eigenvalue weighted by Gasteiger charge is -2.19. The second-order valence-corrected chi connectivity index (χ2v) is 9.61. The van der Waals surface area contributed by atoms with Crippen molar-refractivity contribution in [3.63, 3.8) is 0 Å². The van der Waals surface area contributed by atoms with Crippen LogP contribution in [0.3, 0.4) is 0 Å². The first kappa shape index (κ1) is 23.1. The molecule has 0 radical (unpaired) electrons. The van der Waals surface area contributed by atoms with Crippen LogP contribution in [0.4, 0.5) is 18.0 Å². The van der Waals surface area contributed by atoms with E-state index >= 15 is 0 Å². The summed E-state index contributed by atoms with van der Waals surface area (Å²) in [4.78, 5) is 15.4. The Labute approximate surface area is 174 Å². The molecule has 0 aliphatic rings. The molecule has 2 rings (SSSR count). The highest BCUT2D eigenvalue weighted by Crippen LogP contribution is 2.30. The molecule has 0 atom stereocenters. The number of carbonyl (C=O) groups is 1. The summed E-state index contributed by atoms with van der Waals surface area (Å²) in [7, 11) is -4.19. The van der Waals surface area contributed by atoms with Crippen molar-refractivity contribution in [2.75, 3.05) is 0 Å². The molecule has 0 spiro atoms. The van der Waals surface area contributed by atoms with Gasteiger partial charge in [0.05, 0.1) is 10.5 Å². The van der Waals surface area contributed by atoms with E-state index in [0.717, 1.165) is 18.3 Å². The number of hydrogen-bond donors (Lipinski definition) is 1. The lowest BCUT2D eigenvalue weighted by atomic mass is 10.1. The van der Waals surface area contributed by atoms with Gasteiger partial charge in [-0.3, -0.25) is 4.98 Å². The summed E-state index contributed by atoms with van der Waals surface area (Å²) in [5, 5.41) is 0. The molecule has 29 heavy (non-hydrogen) atoms. The quantitative estimate of drug-likeness (QED) is 0.667. The van der Waals surface area contributed by atoms with E-state index in [2.05, 4.69) is 20.9 Å². The first-order chi connectivity index (χ1) is 13.2. The number of hydrogen-bond acceptors (Lipinski definition) is 5. The van der Waals surface area contributed by atoms with Gasteiger partial charge < -0.3 is 4.74 Å². The lowest BCUT2D eigenvalue weighted by molar-refractivity contribution is -0.137. The Bertz CT molecular complexity index is 1020.